The number of para-hydroxylation sites is 1. The summed E-state index contributed by atoms with van der Waals surface area (Å²) in [5.74, 6) is -0.855. The number of aromatic amines is 1. The van der Waals surface area contributed by atoms with Gasteiger partial charge in [0.1, 0.15) is 11.9 Å². The monoisotopic (exact) mass is 381 g/mol. The number of hydrogen-bond donors (Lipinski definition) is 3. The summed E-state index contributed by atoms with van der Waals surface area (Å²) in [4.78, 5) is 27.6. The summed E-state index contributed by atoms with van der Waals surface area (Å²) < 4.78 is 13.8. The second kappa shape index (κ2) is 8.69. The number of nitrogens with one attached hydrogen (secondary N) is 3. The number of rotatable bonds is 7. The first kappa shape index (κ1) is 19.6. The van der Waals surface area contributed by atoms with Gasteiger partial charge in [0.25, 0.3) is 0 Å². The number of hydrogen-bond acceptors (Lipinski definition) is 2. The smallest absolute Gasteiger partial charge is 0.243 e. The van der Waals surface area contributed by atoms with Gasteiger partial charge in [-0.2, -0.15) is 0 Å². The van der Waals surface area contributed by atoms with Crippen LogP contribution in [0.25, 0.3) is 10.9 Å². The maximum atomic E-state index is 13.8. The zero-order valence-corrected chi connectivity index (χ0v) is 16.0. The van der Waals surface area contributed by atoms with Crippen molar-refractivity contribution in [3.8, 4) is 0 Å². The van der Waals surface area contributed by atoms with Gasteiger partial charge in [-0.15, -0.1) is 0 Å². The molecule has 28 heavy (non-hydrogen) atoms. The van der Waals surface area contributed by atoms with Gasteiger partial charge in [0.05, 0.1) is 0 Å². The van der Waals surface area contributed by atoms with E-state index in [2.05, 4.69) is 15.6 Å². The second-order valence-corrected chi connectivity index (χ2v) is 7.02. The van der Waals surface area contributed by atoms with Crippen LogP contribution in [0.2, 0.25) is 0 Å². The van der Waals surface area contributed by atoms with Gasteiger partial charge >= 0.3 is 0 Å². The molecule has 0 saturated heterocycles. The molecule has 0 aliphatic carbocycles. The Kier molecular flexibility index (Phi) is 6.09. The van der Waals surface area contributed by atoms with Crippen LogP contribution in [0.1, 0.15) is 25.0 Å². The summed E-state index contributed by atoms with van der Waals surface area (Å²) in [6.07, 6.45) is 2.59. The molecule has 0 radical (unpaired) electrons. The van der Waals surface area contributed by atoms with Crippen molar-refractivity contribution < 1.29 is 14.0 Å². The van der Waals surface area contributed by atoms with Gasteiger partial charge in [-0.1, -0.05) is 36.4 Å². The Labute approximate surface area is 163 Å². The molecule has 3 N–H and O–H groups in total. The Balaban J connectivity index is 1.71. The van der Waals surface area contributed by atoms with Crippen molar-refractivity contribution in [2.24, 2.45) is 0 Å². The summed E-state index contributed by atoms with van der Waals surface area (Å²) in [6, 6.07) is 13.3. The lowest BCUT2D eigenvalue weighted by atomic mass is 10.0. The lowest BCUT2D eigenvalue weighted by molar-refractivity contribution is -0.128. The fourth-order valence-electron chi connectivity index (χ4n) is 3.36. The van der Waals surface area contributed by atoms with Crippen molar-refractivity contribution in [2.75, 3.05) is 0 Å². The minimum atomic E-state index is -0.709. The first-order chi connectivity index (χ1) is 13.4. The molecule has 0 aliphatic rings. The molecule has 0 spiro atoms. The van der Waals surface area contributed by atoms with Gasteiger partial charge in [-0.25, -0.2) is 4.39 Å². The maximum Gasteiger partial charge on any atom is 0.243 e. The molecule has 5 nitrogen and oxygen atoms in total. The molecule has 1 aromatic heterocycles. The highest BCUT2D eigenvalue weighted by atomic mass is 19.1. The van der Waals surface area contributed by atoms with Crippen molar-refractivity contribution in [1.82, 2.24) is 15.6 Å². The molecule has 6 heteroatoms. The number of carbonyl (C=O) groups is 2. The minimum absolute atomic E-state index is 0.274. The maximum absolute atomic E-state index is 13.8. The summed E-state index contributed by atoms with van der Waals surface area (Å²) in [5, 5.41) is 6.63. The topological polar surface area (TPSA) is 74.0 Å². The molecule has 3 aromatic rings. The van der Waals surface area contributed by atoms with E-state index in [4.69, 9.17) is 0 Å². The van der Waals surface area contributed by atoms with Gasteiger partial charge in [-0.3, -0.25) is 9.59 Å². The molecular weight excluding hydrogens is 357 g/mol. The van der Waals surface area contributed by atoms with Gasteiger partial charge in [0.2, 0.25) is 11.8 Å². The second-order valence-electron chi connectivity index (χ2n) is 7.02. The number of carbonyl (C=O) groups excluding carboxylic acids is 2. The van der Waals surface area contributed by atoms with Gasteiger partial charge < -0.3 is 15.6 Å². The average Bonchev–Trinajstić information content (AvgIpc) is 3.06. The van der Waals surface area contributed by atoms with Crippen molar-refractivity contribution in [3.63, 3.8) is 0 Å². The quantitative estimate of drug-likeness (QED) is 0.588. The molecule has 146 valence electrons. The lowest BCUT2D eigenvalue weighted by Gasteiger charge is -2.21. The predicted molar refractivity (Wildman–Crippen MR) is 107 cm³/mol. The molecule has 2 atom stereocenters. The number of H-pyrrole nitrogens is 1. The van der Waals surface area contributed by atoms with Crippen LogP contribution in [0.3, 0.4) is 0 Å². The first-order valence-electron chi connectivity index (χ1n) is 9.30. The zero-order chi connectivity index (χ0) is 20.1. The standard InChI is InChI=1S/C22H24FN3O2/c1-14(11-16-7-3-5-9-19(16)23)25-22(28)21(26-15(2)27)12-17-13-24-20-10-6-4-8-18(17)20/h3-10,13-14,21,24H,11-12H2,1-2H3,(H,25,28)(H,26,27). The lowest BCUT2D eigenvalue weighted by Crippen LogP contribution is -2.50. The van der Waals surface area contributed by atoms with Crippen molar-refractivity contribution in [1.29, 1.82) is 0 Å². The largest absolute Gasteiger partial charge is 0.361 e. The molecule has 2 aromatic carbocycles. The van der Waals surface area contributed by atoms with Gasteiger partial charge in [0, 0.05) is 36.5 Å². The Morgan fingerprint density at radius 2 is 1.71 bits per heavy atom. The molecule has 3 rings (SSSR count). The number of amides is 2. The molecule has 0 fully saturated rings. The van der Waals surface area contributed by atoms with E-state index in [1.807, 2.05) is 37.4 Å². The SMILES string of the molecule is CC(=O)NC(Cc1c[nH]c2ccccc12)C(=O)NC(C)Cc1ccccc1F. The van der Waals surface area contributed by atoms with Crippen LogP contribution in [0, 0.1) is 5.82 Å². The number of fused-ring (bicyclic) bond motifs is 1. The van der Waals surface area contributed by atoms with E-state index in [1.165, 1.54) is 13.0 Å². The van der Waals surface area contributed by atoms with Crippen LogP contribution in [-0.2, 0) is 22.4 Å². The molecule has 0 bridgehead atoms. The number of halogens is 1. The van der Waals surface area contributed by atoms with Crippen LogP contribution >= 0.6 is 0 Å². The van der Waals surface area contributed by atoms with Crippen LogP contribution in [-0.4, -0.2) is 28.9 Å². The molecule has 0 saturated carbocycles. The summed E-state index contributed by atoms with van der Waals surface area (Å²) >= 11 is 0. The summed E-state index contributed by atoms with van der Waals surface area (Å²) in [7, 11) is 0. The van der Waals surface area contributed by atoms with Gasteiger partial charge in [0.15, 0.2) is 0 Å². The van der Waals surface area contributed by atoms with E-state index in [9.17, 15) is 14.0 Å². The van der Waals surface area contributed by atoms with Crippen LogP contribution in [0.15, 0.2) is 54.7 Å². The van der Waals surface area contributed by atoms with E-state index in [1.54, 1.807) is 18.2 Å². The van der Waals surface area contributed by atoms with Crippen LogP contribution in [0.4, 0.5) is 4.39 Å². The van der Waals surface area contributed by atoms with E-state index in [-0.39, 0.29) is 23.7 Å². The van der Waals surface area contributed by atoms with Gasteiger partial charge in [-0.05, 0) is 36.6 Å². The first-order valence-corrected chi connectivity index (χ1v) is 9.30. The Morgan fingerprint density at radius 3 is 2.46 bits per heavy atom. The highest BCUT2D eigenvalue weighted by Gasteiger charge is 2.23. The zero-order valence-electron chi connectivity index (χ0n) is 16.0. The molecule has 2 amide bonds. The third-order valence-corrected chi connectivity index (χ3v) is 4.67. The van der Waals surface area contributed by atoms with E-state index in [0.29, 0.717) is 18.4 Å². The number of aromatic nitrogens is 1. The van der Waals surface area contributed by atoms with E-state index < -0.39 is 6.04 Å². The Morgan fingerprint density at radius 1 is 1.00 bits per heavy atom. The Bertz CT molecular complexity index is 983. The summed E-state index contributed by atoms with van der Waals surface area (Å²) in [6.45, 7) is 3.21. The van der Waals surface area contributed by atoms with Crippen molar-refractivity contribution in [2.45, 2.75) is 38.8 Å². The highest BCUT2D eigenvalue weighted by Crippen LogP contribution is 2.19. The van der Waals surface area contributed by atoms with E-state index in [0.717, 1.165) is 16.5 Å². The highest BCUT2D eigenvalue weighted by molar-refractivity contribution is 5.89. The van der Waals surface area contributed by atoms with Crippen molar-refractivity contribution in [3.05, 3.63) is 71.7 Å². The molecule has 0 aliphatic heterocycles. The molecular formula is C22H24FN3O2. The molecule has 1 heterocycles. The third kappa shape index (κ3) is 4.76. The third-order valence-electron chi connectivity index (χ3n) is 4.67. The fraction of sp³-hybridized carbons (Fsp3) is 0.273. The van der Waals surface area contributed by atoms with Crippen LogP contribution in [0.5, 0.6) is 0 Å². The van der Waals surface area contributed by atoms with Crippen molar-refractivity contribution >= 4 is 22.7 Å². The predicted octanol–water partition coefficient (Wildman–Crippen LogP) is 3.10. The summed E-state index contributed by atoms with van der Waals surface area (Å²) in [5.41, 5.74) is 2.47. The van der Waals surface area contributed by atoms with Crippen LogP contribution < -0.4 is 10.6 Å². The number of benzene rings is 2. The minimum Gasteiger partial charge on any atom is -0.361 e. The average molecular weight is 381 g/mol. The Hall–Kier alpha value is -3.15. The van der Waals surface area contributed by atoms with E-state index >= 15 is 0 Å². The normalized spacial score (nSPS) is 13.1. The fourth-order valence-corrected chi connectivity index (χ4v) is 3.36. The molecule has 2 unspecified atom stereocenters.